The summed E-state index contributed by atoms with van der Waals surface area (Å²) in [5.74, 6) is -0.0291. The summed E-state index contributed by atoms with van der Waals surface area (Å²) in [5.41, 5.74) is 2.88. The van der Waals surface area contributed by atoms with Gasteiger partial charge in [0.2, 0.25) is 11.1 Å². The van der Waals surface area contributed by atoms with Crippen LogP contribution in [0.1, 0.15) is 38.8 Å². The first kappa shape index (κ1) is 17.5. The second-order valence-corrected chi connectivity index (χ2v) is 7.92. The van der Waals surface area contributed by atoms with E-state index in [1.54, 1.807) is 4.68 Å². The Morgan fingerprint density at radius 1 is 1.26 bits per heavy atom. The third-order valence-electron chi connectivity index (χ3n) is 3.24. The summed E-state index contributed by atoms with van der Waals surface area (Å²) in [6.45, 7) is 11.8. The molecule has 6 nitrogen and oxygen atoms in total. The number of aryl methyl sites for hydroxylation is 2. The van der Waals surface area contributed by atoms with Gasteiger partial charge < -0.3 is 5.32 Å². The van der Waals surface area contributed by atoms with E-state index in [0.717, 1.165) is 16.8 Å². The smallest absolute Gasteiger partial charge is 0.233 e. The summed E-state index contributed by atoms with van der Waals surface area (Å²) in [4.78, 5) is 12.3. The maximum Gasteiger partial charge on any atom is 0.233 e. The van der Waals surface area contributed by atoms with Gasteiger partial charge >= 0.3 is 0 Å². The van der Waals surface area contributed by atoms with Crippen LogP contribution in [-0.2, 0) is 4.79 Å². The van der Waals surface area contributed by atoms with E-state index in [9.17, 15) is 4.79 Å². The molecule has 1 atom stereocenters. The number of nitrogens with zero attached hydrogens (tertiary/aromatic N) is 4. The summed E-state index contributed by atoms with van der Waals surface area (Å²) < 4.78 is 1.70. The molecule has 1 aromatic carbocycles. The fourth-order valence-corrected chi connectivity index (χ4v) is 3.01. The number of para-hydroxylation sites is 1. The Bertz CT molecular complexity index is 684. The Balaban J connectivity index is 2.24. The molecular weight excluding hydrogens is 310 g/mol. The zero-order chi connectivity index (χ0) is 17.2. The summed E-state index contributed by atoms with van der Waals surface area (Å²) in [5, 5.41) is 15.3. The van der Waals surface area contributed by atoms with Crippen LogP contribution in [0.25, 0.3) is 5.69 Å². The first-order valence-electron chi connectivity index (χ1n) is 7.52. The number of amides is 1. The molecule has 1 heterocycles. The van der Waals surface area contributed by atoms with Gasteiger partial charge in [0.05, 0.1) is 10.9 Å². The average Bonchev–Trinajstić information content (AvgIpc) is 2.84. The zero-order valence-electron chi connectivity index (χ0n) is 14.4. The largest absolute Gasteiger partial charge is 0.351 e. The number of aromatic nitrogens is 4. The van der Waals surface area contributed by atoms with E-state index >= 15 is 0 Å². The molecule has 0 bridgehead atoms. The molecule has 0 aliphatic carbocycles. The summed E-state index contributed by atoms with van der Waals surface area (Å²) in [6, 6.07) is 6.05. The SMILES string of the molecule is Cc1cccc(C)c1-n1nnnc1S[C@H](C)C(=O)NC(C)(C)C. The molecule has 1 amide bonds. The van der Waals surface area contributed by atoms with Crippen molar-refractivity contribution in [2.45, 2.75) is 57.5 Å². The van der Waals surface area contributed by atoms with Crippen molar-refractivity contribution in [1.82, 2.24) is 25.5 Å². The minimum Gasteiger partial charge on any atom is -0.351 e. The van der Waals surface area contributed by atoms with Gasteiger partial charge in [-0.05, 0) is 63.1 Å². The third kappa shape index (κ3) is 4.31. The van der Waals surface area contributed by atoms with Crippen molar-refractivity contribution < 1.29 is 4.79 Å². The minimum absolute atomic E-state index is 0.0291. The lowest BCUT2D eigenvalue weighted by atomic mass is 10.1. The number of carbonyl (C=O) groups is 1. The average molecular weight is 333 g/mol. The molecule has 0 unspecified atom stereocenters. The van der Waals surface area contributed by atoms with Gasteiger partial charge in [-0.3, -0.25) is 4.79 Å². The molecule has 2 rings (SSSR count). The third-order valence-corrected chi connectivity index (χ3v) is 4.27. The maximum atomic E-state index is 12.3. The van der Waals surface area contributed by atoms with E-state index in [1.807, 2.05) is 59.7 Å². The highest BCUT2D eigenvalue weighted by atomic mass is 32.2. The van der Waals surface area contributed by atoms with Crippen LogP contribution in [0.3, 0.4) is 0 Å². The maximum absolute atomic E-state index is 12.3. The lowest BCUT2D eigenvalue weighted by molar-refractivity contribution is -0.121. The number of carbonyl (C=O) groups excluding carboxylic acids is 1. The Kier molecular flexibility index (Phi) is 5.09. The molecule has 0 radical (unpaired) electrons. The Hall–Kier alpha value is -1.89. The van der Waals surface area contributed by atoms with Crippen LogP contribution in [0.2, 0.25) is 0 Å². The van der Waals surface area contributed by atoms with Crippen molar-refractivity contribution in [3.05, 3.63) is 29.3 Å². The Morgan fingerprint density at radius 3 is 2.43 bits per heavy atom. The molecule has 7 heteroatoms. The topological polar surface area (TPSA) is 72.7 Å². The number of nitrogens with one attached hydrogen (secondary N) is 1. The second kappa shape index (κ2) is 6.70. The molecule has 0 saturated carbocycles. The minimum atomic E-state index is -0.289. The lowest BCUT2D eigenvalue weighted by Gasteiger charge is -2.22. The standard InChI is InChI=1S/C16H23N5OS/c1-10-8-7-9-11(2)13(10)21-15(18-19-20-21)23-12(3)14(22)17-16(4,5)6/h7-9,12H,1-6H3,(H,17,22)/t12-/m1/s1. The summed E-state index contributed by atoms with van der Waals surface area (Å²) in [7, 11) is 0. The highest BCUT2D eigenvalue weighted by molar-refractivity contribution is 8.00. The number of thioether (sulfide) groups is 1. The van der Waals surface area contributed by atoms with Gasteiger partial charge in [0.1, 0.15) is 0 Å². The predicted octanol–water partition coefficient (Wildman–Crippen LogP) is 2.67. The molecule has 1 aromatic heterocycles. The molecule has 0 fully saturated rings. The van der Waals surface area contributed by atoms with Gasteiger partial charge in [0.25, 0.3) is 0 Å². The molecule has 0 spiro atoms. The second-order valence-electron chi connectivity index (χ2n) is 6.61. The predicted molar refractivity (Wildman–Crippen MR) is 91.8 cm³/mol. The molecule has 0 aliphatic heterocycles. The van der Waals surface area contributed by atoms with E-state index < -0.39 is 0 Å². The molecule has 23 heavy (non-hydrogen) atoms. The molecule has 1 N–H and O–H groups in total. The van der Waals surface area contributed by atoms with Crippen molar-refractivity contribution in [2.75, 3.05) is 0 Å². The quantitative estimate of drug-likeness (QED) is 0.871. The van der Waals surface area contributed by atoms with Gasteiger partial charge in [0.15, 0.2) is 0 Å². The van der Waals surface area contributed by atoms with Crippen LogP contribution in [0.4, 0.5) is 0 Å². The normalized spacial score (nSPS) is 13.0. The Labute approximate surface area is 141 Å². The number of rotatable bonds is 4. The first-order chi connectivity index (χ1) is 10.7. The van der Waals surface area contributed by atoms with E-state index in [1.165, 1.54) is 11.8 Å². The van der Waals surface area contributed by atoms with Crippen molar-refractivity contribution >= 4 is 17.7 Å². The first-order valence-corrected chi connectivity index (χ1v) is 8.40. The number of hydrogen-bond acceptors (Lipinski definition) is 5. The van der Waals surface area contributed by atoms with Gasteiger partial charge in [-0.15, -0.1) is 5.10 Å². The van der Waals surface area contributed by atoms with E-state index in [4.69, 9.17) is 0 Å². The highest BCUT2D eigenvalue weighted by Gasteiger charge is 2.23. The van der Waals surface area contributed by atoms with Crippen LogP contribution >= 0.6 is 11.8 Å². The monoisotopic (exact) mass is 333 g/mol. The van der Waals surface area contributed by atoms with Crippen molar-refractivity contribution in [2.24, 2.45) is 0 Å². The van der Waals surface area contributed by atoms with Crippen molar-refractivity contribution in [1.29, 1.82) is 0 Å². The highest BCUT2D eigenvalue weighted by Crippen LogP contribution is 2.26. The summed E-state index contributed by atoms with van der Waals surface area (Å²) >= 11 is 1.35. The van der Waals surface area contributed by atoms with Crippen LogP contribution in [-0.4, -0.2) is 36.9 Å². The van der Waals surface area contributed by atoms with Crippen molar-refractivity contribution in [3.8, 4) is 5.69 Å². The van der Waals surface area contributed by atoms with Crippen LogP contribution in [0, 0.1) is 13.8 Å². The number of tetrazole rings is 1. The van der Waals surface area contributed by atoms with Gasteiger partial charge in [-0.25, -0.2) is 0 Å². The fraction of sp³-hybridized carbons (Fsp3) is 0.500. The molecule has 0 aliphatic rings. The fourth-order valence-electron chi connectivity index (χ4n) is 2.22. The summed E-state index contributed by atoms with van der Waals surface area (Å²) in [6.07, 6.45) is 0. The van der Waals surface area contributed by atoms with Crippen molar-refractivity contribution in [3.63, 3.8) is 0 Å². The number of hydrogen-bond donors (Lipinski definition) is 1. The van der Waals surface area contributed by atoms with Gasteiger partial charge in [-0.2, -0.15) is 4.68 Å². The van der Waals surface area contributed by atoms with Gasteiger partial charge in [-0.1, -0.05) is 30.0 Å². The molecule has 0 saturated heterocycles. The molecular formula is C16H23N5OS. The number of benzene rings is 1. The van der Waals surface area contributed by atoms with Crippen LogP contribution in [0.15, 0.2) is 23.4 Å². The van der Waals surface area contributed by atoms with Gasteiger partial charge in [0, 0.05) is 5.54 Å². The molecule has 2 aromatic rings. The van der Waals surface area contributed by atoms with E-state index in [0.29, 0.717) is 5.16 Å². The lowest BCUT2D eigenvalue weighted by Crippen LogP contribution is -2.44. The zero-order valence-corrected chi connectivity index (χ0v) is 15.2. The van der Waals surface area contributed by atoms with Crippen LogP contribution in [0.5, 0.6) is 0 Å². The van der Waals surface area contributed by atoms with E-state index in [2.05, 4.69) is 20.8 Å². The van der Waals surface area contributed by atoms with Crippen LogP contribution < -0.4 is 5.32 Å². The Morgan fingerprint density at radius 2 is 1.87 bits per heavy atom. The van der Waals surface area contributed by atoms with E-state index in [-0.39, 0.29) is 16.7 Å². The molecule has 124 valence electrons.